The Labute approximate surface area is 128 Å². The Balaban J connectivity index is 2.06. The Morgan fingerprint density at radius 2 is 1.41 bits per heavy atom. The van der Waals surface area contributed by atoms with Gasteiger partial charge in [-0.2, -0.15) is 0 Å². The number of hydrogen-bond donors (Lipinski definition) is 0. The number of carbonyl (C=O) groups is 2. The number of carbonyl (C=O) groups excluding carboxylic acids is 2. The standard InChI is InChI=1S/C18H14O4/c1-21-12-5-3-11(4-6-12)15-10-17(19)14-8-7-13(22-2)9-16(14)18(15)20/h3-10H,1-2H3. The van der Waals surface area contributed by atoms with Crippen molar-refractivity contribution in [1.82, 2.24) is 0 Å². The molecule has 2 aromatic carbocycles. The Morgan fingerprint density at radius 3 is 2.05 bits per heavy atom. The molecule has 0 aliphatic heterocycles. The van der Waals surface area contributed by atoms with E-state index in [1.54, 1.807) is 49.6 Å². The van der Waals surface area contributed by atoms with E-state index in [4.69, 9.17) is 9.47 Å². The minimum Gasteiger partial charge on any atom is -0.497 e. The second kappa shape index (κ2) is 5.48. The summed E-state index contributed by atoms with van der Waals surface area (Å²) in [6, 6.07) is 11.9. The highest BCUT2D eigenvalue weighted by molar-refractivity contribution is 6.38. The van der Waals surface area contributed by atoms with E-state index < -0.39 is 0 Å². The summed E-state index contributed by atoms with van der Waals surface area (Å²) in [6.45, 7) is 0. The van der Waals surface area contributed by atoms with Crippen LogP contribution in [0.4, 0.5) is 0 Å². The highest BCUT2D eigenvalue weighted by Crippen LogP contribution is 2.30. The van der Waals surface area contributed by atoms with Gasteiger partial charge in [0.1, 0.15) is 11.5 Å². The molecule has 4 nitrogen and oxygen atoms in total. The first-order chi connectivity index (χ1) is 10.6. The molecule has 0 atom stereocenters. The Bertz CT molecular complexity index is 785. The Hall–Kier alpha value is -2.88. The van der Waals surface area contributed by atoms with Gasteiger partial charge in [0, 0.05) is 16.7 Å². The van der Waals surface area contributed by atoms with Gasteiger partial charge in [0.05, 0.1) is 14.2 Å². The SMILES string of the molecule is COc1ccc(C2=CC(=O)c3ccc(OC)cc3C2=O)cc1. The largest absolute Gasteiger partial charge is 0.497 e. The molecule has 2 aromatic rings. The molecular weight excluding hydrogens is 280 g/mol. The molecule has 0 bridgehead atoms. The smallest absolute Gasteiger partial charge is 0.194 e. The summed E-state index contributed by atoms with van der Waals surface area (Å²) in [4.78, 5) is 24.9. The van der Waals surface area contributed by atoms with Crippen molar-refractivity contribution in [1.29, 1.82) is 0 Å². The molecular formula is C18H14O4. The molecule has 0 aromatic heterocycles. The zero-order valence-electron chi connectivity index (χ0n) is 12.3. The summed E-state index contributed by atoms with van der Waals surface area (Å²) in [7, 11) is 3.10. The molecule has 1 aliphatic carbocycles. The molecule has 4 heteroatoms. The lowest BCUT2D eigenvalue weighted by Crippen LogP contribution is -2.16. The van der Waals surface area contributed by atoms with Gasteiger partial charge in [-0.1, -0.05) is 12.1 Å². The molecule has 3 rings (SSSR count). The third-order valence-corrected chi connectivity index (χ3v) is 3.66. The molecule has 0 amide bonds. The summed E-state index contributed by atoms with van der Waals surface area (Å²) in [6.07, 6.45) is 1.39. The van der Waals surface area contributed by atoms with Gasteiger partial charge in [-0.25, -0.2) is 0 Å². The van der Waals surface area contributed by atoms with Crippen LogP contribution in [0.15, 0.2) is 48.5 Å². The number of fused-ring (bicyclic) bond motifs is 1. The Kier molecular flexibility index (Phi) is 3.51. The van der Waals surface area contributed by atoms with Crippen molar-refractivity contribution >= 4 is 17.1 Å². The third kappa shape index (κ3) is 2.29. The zero-order chi connectivity index (χ0) is 15.7. The molecule has 0 spiro atoms. The third-order valence-electron chi connectivity index (χ3n) is 3.66. The van der Waals surface area contributed by atoms with Crippen LogP contribution in [-0.2, 0) is 0 Å². The monoisotopic (exact) mass is 294 g/mol. The van der Waals surface area contributed by atoms with Gasteiger partial charge >= 0.3 is 0 Å². The van der Waals surface area contributed by atoms with E-state index >= 15 is 0 Å². The van der Waals surface area contributed by atoms with Crippen molar-refractivity contribution in [2.75, 3.05) is 14.2 Å². The molecule has 0 N–H and O–H groups in total. The summed E-state index contributed by atoms with van der Waals surface area (Å²) >= 11 is 0. The van der Waals surface area contributed by atoms with E-state index in [1.807, 2.05) is 0 Å². The van der Waals surface area contributed by atoms with Gasteiger partial charge < -0.3 is 9.47 Å². The quantitative estimate of drug-likeness (QED) is 0.872. The van der Waals surface area contributed by atoms with Crippen LogP contribution in [0.3, 0.4) is 0 Å². The van der Waals surface area contributed by atoms with Gasteiger partial charge in [-0.3, -0.25) is 9.59 Å². The van der Waals surface area contributed by atoms with Gasteiger partial charge in [-0.05, 0) is 42.0 Å². The summed E-state index contributed by atoms with van der Waals surface area (Å²) in [5.41, 5.74) is 1.85. The summed E-state index contributed by atoms with van der Waals surface area (Å²) in [5.74, 6) is 0.888. The van der Waals surface area contributed by atoms with Gasteiger partial charge in [-0.15, -0.1) is 0 Å². The lowest BCUT2D eigenvalue weighted by atomic mass is 9.86. The van der Waals surface area contributed by atoms with Crippen molar-refractivity contribution in [2.24, 2.45) is 0 Å². The molecule has 1 aliphatic rings. The van der Waals surface area contributed by atoms with Crippen molar-refractivity contribution in [3.8, 4) is 11.5 Å². The second-order valence-corrected chi connectivity index (χ2v) is 4.89. The summed E-state index contributed by atoms with van der Waals surface area (Å²) < 4.78 is 10.2. The average Bonchev–Trinajstić information content (AvgIpc) is 2.57. The maximum Gasteiger partial charge on any atom is 0.194 e. The van der Waals surface area contributed by atoms with Crippen molar-refractivity contribution in [3.63, 3.8) is 0 Å². The first kappa shape index (κ1) is 14.1. The van der Waals surface area contributed by atoms with E-state index in [0.29, 0.717) is 33.8 Å². The molecule has 0 saturated heterocycles. The van der Waals surface area contributed by atoms with E-state index in [-0.39, 0.29) is 11.6 Å². The second-order valence-electron chi connectivity index (χ2n) is 4.89. The van der Waals surface area contributed by atoms with Crippen LogP contribution in [-0.4, -0.2) is 25.8 Å². The predicted molar refractivity (Wildman–Crippen MR) is 82.6 cm³/mol. The fourth-order valence-corrected chi connectivity index (χ4v) is 2.46. The number of rotatable bonds is 3. The molecule has 110 valence electrons. The maximum atomic E-state index is 12.7. The van der Waals surface area contributed by atoms with Crippen molar-refractivity contribution < 1.29 is 19.1 Å². The summed E-state index contributed by atoms with van der Waals surface area (Å²) in [5, 5.41) is 0. The number of Topliss-reactive ketones (excluding diaryl/α,β-unsaturated/α-hetero) is 1. The maximum absolute atomic E-state index is 12.7. The van der Waals surface area contributed by atoms with Gasteiger partial charge in [0.15, 0.2) is 11.6 Å². The number of hydrogen-bond acceptors (Lipinski definition) is 4. The van der Waals surface area contributed by atoms with E-state index in [2.05, 4.69) is 0 Å². The van der Waals surface area contributed by atoms with Gasteiger partial charge in [0.2, 0.25) is 0 Å². The van der Waals surface area contributed by atoms with Crippen LogP contribution >= 0.6 is 0 Å². The van der Waals surface area contributed by atoms with Crippen molar-refractivity contribution in [3.05, 3.63) is 65.2 Å². The molecule has 0 radical (unpaired) electrons. The topological polar surface area (TPSA) is 52.6 Å². The predicted octanol–water partition coefficient (Wildman–Crippen LogP) is 3.17. The number of benzene rings is 2. The minimum absolute atomic E-state index is 0.178. The number of ketones is 2. The normalized spacial score (nSPS) is 13.5. The minimum atomic E-state index is -0.182. The van der Waals surface area contributed by atoms with Crippen LogP contribution in [0, 0.1) is 0 Å². The fourth-order valence-electron chi connectivity index (χ4n) is 2.46. The van der Waals surface area contributed by atoms with E-state index in [9.17, 15) is 9.59 Å². The van der Waals surface area contributed by atoms with Gasteiger partial charge in [0.25, 0.3) is 0 Å². The number of allylic oxidation sites excluding steroid dienone is 2. The van der Waals surface area contributed by atoms with Crippen molar-refractivity contribution in [2.45, 2.75) is 0 Å². The molecule has 0 heterocycles. The van der Waals surface area contributed by atoms with Crippen LogP contribution in [0.5, 0.6) is 11.5 Å². The fraction of sp³-hybridized carbons (Fsp3) is 0.111. The average molecular weight is 294 g/mol. The van der Waals surface area contributed by atoms with Crippen LogP contribution in [0.25, 0.3) is 5.57 Å². The molecule has 22 heavy (non-hydrogen) atoms. The zero-order valence-corrected chi connectivity index (χ0v) is 12.3. The highest BCUT2D eigenvalue weighted by Gasteiger charge is 2.26. The van der Waals surface area contributed by atoms with E-state index in [1.165, 1.54) is 13.2 Å². The molecule has 0 saturated carbocycles. The van der Waals surface area contributed by atoms with Crippen LogP contribution in [0.1, 0.15) is 26.3 Å². The lowest BCUT2D eigenvalue weighted by molar-refractivity contribution is 0.100. The molecule has 0 unspecified atom stereocenters. The lowest BCUT2D eigenvalue weighted by Gasteiger charge is -2.16. The Morgan fingerprint density at radius 1 is 0.773 bits per heavy atom. The first-order valence-corrected chi connectivity index (χ1v) is 6.77. The van der Waals surface area contributed by atoms with Crippen LogP contribution < -0.4 is 9.47 Å². The van der Waals surface area contributed by atoms with Crippen LogP contribution in [0.2, 0.25) is 0 Å². The highest BCUT2D eigenvalue weighted by atomic mass is 16.5. The molecule has 0 fully saturated rings. The first-order valence-electron chi connectivity index (χ1n) is 6.77. The van der Waals surface area contributed by atoms with E-state index in [0.717, 1.165) is 0 Å². The number of ether oxygens (including phenoxy) is 2. The number of methoxy groups -OCH3 is 2.